The molecule has 0 spiro atoms. The topological polar surface area (TPSA) is 37.3 Å². The summed E-state index contributed by atoms with van der Waals surface area (Å²) in [5.74, 6) is 0.0750. The fourth-order valence-electron chi connectivity index (χ4n) is 2.88. The van der Waals surface area contributed by atoms with Crippen LogP contribution in [0.5, 0.6) is 0 Å². The van der Waals surface area contributed by atoms with Crippen LogP contribution in [0.1, 0.15) is 43.9 Å². The Kier molecular flexibility index (Phi) is 4.33. The van der Waals surface area contributed by atoms with E-state index in [0.717, 1.165) is 34.9 Å². The van der Waals surface area contributed by atoms with Crippen LogP contribution in [0, 0.1) is 11.3 Å². The highest BCUT2D eigenvalue weighted by atomic mass is 35.5. The van der Waals surface area contributed by atoms with Crippen molar-refractivity contribution < 1.29 is 9.90 Å². The molecule has 0 radical (unpaired) electrons. The Morgan fingerprint density at radius 3 is 2.61 bits per heavy atom. The summed E-state index contributed by atoms with van der Waals surface area (Å²) < 4.78 is 0.743. The van der Waals surface area contributed by atoms with Gasteiger partial charge >= 0.3 is 5.97 Å². The molecule has 1 saturated carbocycles. The van der Waals surface area contributed by atoms with Crippen LogP contribution >= 0.6 is 22.9 Å². The van der Waals surface area contributed by atoms with Crippen molar-refractivity contribution in [1.82, 2.24) is 0 Å². The highest BCUT2D eigenvalue weighted by Gasteiger charge is 2.41. The maximum Gasteiger partial charge on any atom is 0.309 e. The summed E-state index contributed by atoms with van der Waals surface area (Å²) in [6.45, 7) is 2.19. The van der Waals surface area contributed by atoms with Crippen LogP contribution in [0.15, 0.2) is 12.1 Å². The Morgan fingerprint density at radius 1 is 1.50 bits per heavy atom. The van der Waals surface area contributed by atoms with Gasteiger partial charge in [0.2, 0.25) is 0 Å². The Labute approximate surface area is 117 Å². The summed E-state index contributed by atoms with van der Waals surface area (Å²) in [4.78, 5) is 12.7. The summed E-state index contributed by atoms with van der Waals surface area (Å²) in [6, 6.07) is 3.82. The van der Waals surface area contributed by atoms with Crippen LogP contribution < -0.4 is 0 Å². The molecule has 1 N–H and O–H groups in total. The average Bonchev–Trinajstić information content (AvgIpc) is 2.75. The second-order valence-corrected chi connectivity index (χ2v) is 7.12. The molecule has 0 amide bonds. The van der Waals surface area contributed by atoms with Gasteiger partial charge in [-0.1, -0.05) is 24.9 Å². The van der Waals surface area contributed by atoms with E-state index in [1.165, 1.54) is 17.8 Å². The quantitative estimate of drug-likeness (QED) is 0.877. The summed E-state index contributed by atoms with van der Waals surface area (Å²) in [6.07, 6.45) is 5.49. The number of hydrogen-bond acceptors (Lipinski definition) is 2. The number of carbonyl (C=O) groups is 1. The van der Waals surface area contributed by atoms with Gasteiger partial charge in [-0.2, -0.15) is 0 Å². The van der Waals surface area contributed by atoms with Gasteiger partial charge < -0.3 is 5.11 Å². The molecule has 1 aromatic rings. The lowest BCUT2D eigenvalue weighted by Gasteiger charge is -2.36. The fourth-order valence-corrected chi connectivity index (χ4v) is 4.12. The molecule has 0 bridgehead atoms. The van der Waals surface area contributed by atoms with E-state index in [4.69, 9.17) is 11.6 Å². The zero-order chi connectivity index (χ0) is 13.2. The number of halogens is 1. The Bertz CT molecular complexity index is 419. The van der Waals surface area contributed by atoms with E-state index in [1.807, 2.05) is 12.1 Å². The zero-order valence-corrected chi connectivity index (χ0v) is 12.2. The van der Waals surface area contributed by atoms with Crippen molar-refractivity contribution >= 4 is 28.9 Å². The Morgan fingerprint density at radius 2 is 2.17 bits per heavy atom. The van der Waals surface area contributed by atoms with E-state index in [1.54, 1.807) is 0 Å². The highest BCUT2D eigenvalue weighted by molar-refractivity contribution is 7.16. The minimum atomic E-state index is -0.637. The van der Waals surface area contributed by atoms with E-state index in [-0.39, 0.29) is 0 Å². The first-order valence-electron chi connectivity index (χ1n) is 6.53. The molecular weight excluding hydrogens is 268 g/mol. The smallest absolute Gasteiger partial charge is 0.309 e. The third-order valence-electron chi connectivity index (χ3n) is 4.23. The molecule has 1 aromatic heterocycles. The summed E-state index contributed by atoms with van der Waals surface area (Å²) >= 11 is 7.43. The van der Waals surface area contributed by atoms with Crippen molar-refractivity contribution in [3.63, 3.8) is 0 Å². The van der Waals surface area contributed by atoms with Gasteiger partial charge in [0.05, 0.1) is 9.75 Å². The molecule has 2 nitrogen and oxygen atoms in total. The van der Waals surface area contributed by atoms with E-state index in [9.17, 15) is 9.90 Å². The predicted molar refractivity (Wildman–Crippen MR) is 75.4 cm³/mol. The molecule has 0 unspecified atom stereocenters. The van der Waals surface area contributed by atoms with Gasteiger partial charge in [0.25, 0.3) is 0 Å². The number of aliphatic carboxylic acids is 1. The molecule has 1 aliphatic carbocycles. The van der Waals surface area contributed by atoms with Gasteiger partial charge in [0, 0.05) is 4.88 Å². The SMILES string of the molecule is CCC1CCC(Cc2ccc(Cl)s2)(C(=O)O)CC1. The second kappa shape index (κ2) is 5.62. The maximum atomic E-state index is 11.7. The Hall–Kier alpha value is -0.540. The minimum Gasteiger partial charge on any atom is -0.481 e. The monoisotopic (exact) mass is 286 g/mol. The maximum absolute atomic E-state index is 11.7. The first-order chi connectivity index (χ1) is 8.55. The van der Waals surface area contributed by atoms with Crippen LogP contribution in [0.2, 0.25) is 4.34 Å². The zero-order valence-electron chi connectivity index (χ0n) is 10.6. The molecule has 0 atom stereocenters. The molecule has 0 aliphatic heterocycles. The van der Waals surface area contributed by atoms with Crippen molar-refractivity contribution in [2.24, 2.45) is 11.3 Å². The lowest BCUT2D eigenvalue weighted by atomic mass is 9.68. The van der Waals surface area contributed by atoms with Gasteiger partial charge in [-0.3, -0.25) is 4.79 Å². The molecule has 0 aromatic carbocycles. The molecule has 1 fully saturated rings. The predicted octanol–water partition coefficient (Wildman–Crippen LogP) is 4.62. The summed E-state index contributed by atoms with van der Waals surface area (Å²) in [5.41, 5.74) is -0.556. The van der Waals surface area contributed by atoms with Crippen molar-refractivity contribution in [3.8, 4) is 0 Å². The van der Waals surface area contributed by atoms with Crippen molar-refractivity contribution in [1.29, 1.82) is 0 Å². The van der Waals surface area contributed by atoms with E-state index in [0.29, 0.717) is 12.3 Å². The lowest BCUT2D eigenvalue weighted by molar-refractivity contribution is -0.151. The molecule has 1 heterocycles. The van der Waals surface area contributed by atoms with Gasteiger partial charge in [-0.15, -0.1) is 11.3 Å². The fraction of sp³-hybridized carbons (Fsp3) is 0.643. The lowest BCUT2D eigenvalue weighted by Crippen LogP contribution is -2.37. The van der Waals surface area contributed by atoms with Crippen LogP contribution in [0.4, 0.5) is 0 Å². The van der Waals surface area contributed by atoms with Crippen molar-refractivity contribution in [2.45, 2.75) is 45.4 Å². The number of rotatable bonds is 4. The molecule has 18 heavy (non-hydrogen) atoms. The van der Waals surface area contributed by atoms with Crippen molar-refractivity contribution in [2.75, 3.05) is 0 Å². The van der Waals surface area contributed by atoms with Crippen LogP contribution in [0.25, 0.3) is 0 Å². The van der Waals surface area contributed by atoms with Crippen LogP contribution in [-0.4, -0.2) is 11.1 Å². The minimum absolute atomic E-state index is 0.556. The normalized spacial score (nSPS) is 28.2. The summed E-state index contributed by atoms with van der Waals surface area (Å²) in [5, 5.41) is 9.59. The van der Waals surface area contributed by atoms with E-state index in [2.05, 4.69) is 6.92 Å². The molecule has 4 heteroatoms. The van der Waals surface area contributed by atoms with Gasteiger partial charge in [-0.25, -0.2) is 0 Å². The van der Waals surface area contributed by atoms with Gasteiger partial charge in [-0.05, 0) is 50.2 Å². The number of carboxylic acids is 1. The molecular formula is C14H19ClO2S. The van der Waals surface area contributed by atoms with Crippen LogP contribution in [0.3, 0.4) is 0 Å². The van der Waals surface area contributed by atoms with Gasteiger partial charge in [0.1, 0.15) is 0 Å². The third-order valence-corrected chi connectivity index (χ3v) is 5.47. The van der Waals surface area contributed by atoms with E-state index < -0.39 is 11.4 Å². The summed E-state index contributed by atoms with van der Waals surface area (Å²) in [7, 11) is 0. The number of hydrogen-bond donors (Lipinski definition) is 1. The first kappa shape index (κ1) is 13.9. The van der Waals surface area contributed by atoms with Crippen molar-refractivity contribution in [3.05, 3.63) is 21.3 Å². The molecule has 0 saturated heterocycles. The largest absolute Gasteiger partial charge is 0.481 e. The third kappa shape index (κ3) is 2.89. The number of carboxylic acid groups (broad SMARTS) is 1. The molecule has 2 rings (SSSR count). The average molecular weight is 287 g/mol. The Balaban J connectivity index is 2.11. The van der Waals surface area contributed by atoms with Crippen LogP contribution in [-0.2, 0) is 11.2 Å². The molecule has 100 valence electrons. The number of thiophene rings is 1. The highest BCUT2D eigenvalue weighted by Crippen LogP contribution is 2.43. The van der Waals surface area contributed by atoms with Gasteiger partial charge in [0.15, 0.2) is 0 Å². The standard InChI is InChI=1S/C14H19ClO2S/c1-2-10-5-7-14(8-6-10,13(16)17)9-11-3-4-12(15)18-11/h3-4,10H,2,5-9H2,1H3,(H,16,17). The second-order valence-electron chi connectivity index (χ2n) is 5.32. The van der Waals surface area contributed by atoms with E-state index >= 15 is 0 Å². The molecule has 1 aliphatic rings. The first-order valence-corrected chi connectivity index (χ1v) is 7.73.